The first-order valence-corrected chi connectivity index (χ1v) is 6.69. The molecule has 2 heterocycles. The maximum atomic E-state index is 5.85. The molecule has 1 aromatic heterocycles. The summed E-state index contributed by atoms with van der Waals surface area (Å²) < 4.78 is 0. The lowest BCUT2D eigenvalue weighted by Gasteiger charge is -2.28. The van der Waals surface area contributed by atoms with Gasteiger partial charge in [-0.3, -0.25) is 0 Å². The molecule has 0 saturated carbocycles. The Hall–Kier alpha value is -1.13. The van der Waals surface area contributed by atoms with E-state index in [9.17, 15) is 0 Å². The second kappa shape index (κ2) is 5.67. The highest BCUT2D eigenvalue weighted by Gasteiger charge is 2.23. The van der Waals surface area contributed by atoms with Gasteiger partial charge in [0.1, 0.15) is 5.82 Å². The number of rotatable bonds is 4. The third kappa shape index (κ3) is 2.65. The van der Waals surface area contributed by atoms with Crippen LogP contribution in [-0.2, 0) is 6.54 Å². The average Bonchev–Trinajstić information content (AvgIpc) is 2.74. The van der Waals surface area contributed by atoms with Gasteiger partial charge in [-0.15, -0.1) is 0 Å². The van der Waals surface area contributed by atoms with Gasteiger partial charge in [0.2, 0.25) is 0 Å². The predicted molar refractivity (Wildman–Crippen MR) is 75.8 cm³/mol. The zero-order valence-corrected chi connectivity index (χ0v) is 11.7. The van der Waals surface area contributed by atoms with Crippen LogP contribution in [0.1, 0.15) is 24.0 Å². The largest absolute Gasteiger partial charge is 0.358 e. The predicted octanol–water partition coefficient (Wildman–Crippen LogP) is 1.38. The first-order chi connectivity index (χ1) is 8.63. The molecular formula is C14H24N4. The molecule has 18 heavy (non-hydrogen) atoms. The summed E-state index contributed by atoms with van der Waals surface area (Å²) in [6, 6.07) is 2.67. The van der Waals surface area contributed by atoms with Gasteiger partial charge in [-0.25, -0.2) is 4.98 Å². The highest BCUT2D eigenvalue weighted by atomic mass is 15.2. The van der Waals surface area contributed by atoms with Gasteiger partial charge in [-0.2, -0.15) is 0 Å². The minimum absolute atomic E-state index is 0.555. The SMILES string of the molecule is Cc1ccnc(N(C)CC2CCCN2C)c1CN. The Bertz CT molecular complexity index is 405. The van der Waals surface area contributed by atoms with Gasteiger partial charge in [-0.05, 0) is 45.0 Å². The summed E-state index contributed by atoms with van der Waals surface area (Å²) in [7, 11) is 4.33. The third-order valence-electron chi connectivity index (χ3n) is 3.99. The van der Waals surface area contributed by atoms with Gasteiger partial charge in [0.05, 0.1) is 0 Å². The molecule has 2 rings (SSSR count). The minimum Gasteiger partial charge on any atom is -0.358 e. The Kier molecular flexibility index (Phi) is 4.19. The third-order valence-corrected chi connectivity index (χ3v) is 3.99. The van der Waals surface area contributed by atoms with Crippen LogP contribution in [0.2, 0.25) is 0 Å². The van der Waals surface area contributed by atoms with Gasteiger partial charge in [0, 0.05) is 37.9 Å². The van der Waals surface area contributed by atoms with Crippen molar-refractivity contribution in [1.82, 2.24) is 9.88 Å². The highest BCUT2D eigenvalue weighted by molar-refractivity contribution is 5.49. The summed E-state index contributed by atoms with van der Waals surface area (Å²) in [4.78, 5) is 9.20. The molecule has 2 N–H and O–H groups in total. The Morgan fingerprint density at radius 3 is 2.94 bits per heavy atom. The van der Waals surface area contributed by atoms with Crippen molar-refractivity contribution in [1.29, 1.82) is 0 Å². The molecule has 4 nitrogen and oxygen atoms in total. The summed E-state index contributed by atoms with van der Waals surface area (Å²) in [6.07, 6.45) is 4.46. The van der Waals surface area contributed by atoms with Crippen LogP contribution in [0, 0.1) is 6.92 Å². The number of nitrogens with two attached hydrogens (primary N) is 1. The van der Waals surface area contributed by atoms with E-state index < -0.39 is 0 Å². The molecule has 1 fully saturated rings. The second-order valence-corrected chi connectivity index (χ2v) is 5.29. The smallest absolute Gasteiger partial charge is 0.133 e. The number of hydrogen-bond donors (Lipinski definition) is 1. The fourth-order valence-corrected chi connectivity index (χ4v) is 2.77. The van der Waals surface area contributed by atoms with E-state index >= 15 is 0 Å². The number of pyridine rings is 1. The van der Waals surface area contributed by atoms with E-state index in [2.05, 4.69) is 35.8 Å². The fraction of sp³-hybridized carbons (Fsp3) is 0.643. The molecule has 1 aliphatic heterocycles. The van der Waals surface area contributed by atoms with Crippen molar-refractivity contribution in [2.75, 3.05) is 32.1 Å². The van der Waals surface area contributed by atoms with Crippen LogP contribution in [0.3, 0.4) is 0 Å². The Morgan fingerprint density at radius 1 is 1.56 bits per heavy atom. The summed E-state index contributed by atoms with van der Waals surface area (Å²) in [5.41, 5.74) is 8.25. The second-order valence-electron chi connectivity index (χ2n) is 5.29. The number of anilines is 1. The number of likely N-dealkylation sites (N-methyl/N-ethyl adjacent to an activating group) is 2. The van der Waals surface area contributed by atoms with Crippen LogP contribution in [0.25, 0.3) is 0 Å². The monoisotopic (exact) mass is 248 g/mol. The quantitative estimate of drug-likeness (QED) is 0.874. The molecule has 0 radical (unpaired) electrons. The van der Waals surface area contributed by atoms with E-state index in [1.165, 1.54) is 30.5 Å². The van der Waals surface area contributed by atoms with Crippen LogP contribution in [0.4, 0.5) is 5.82 Å². The summed E-state index contributed by atoms with van der Waals surface area (Å²) in [5, 5.41) is 0. The molecule has 1 unspecified atom stereocenters. The lowest BCUT2D eigenvalue weighted by molar-refractivity contribution is 0.314. The van der Waals surface area contributed by atoms with Crippen molar-refractivity contribution < 1.29 is 0 Å². The number of nitrogens with zero attached hydrogens (tertiary/aromatic N) is 3. The van der Waals surface area contributed by atoms with Crippen molar-refractivity contribution in [2.24, 2.45) is 5.73 Å². The number of likely N-dealkylation sites (tertiary alicyclic amines) is 1. The average molecular weight is 248 g/mol. The molecular weight excluding hydrogens is 224 g/mol. The van der Waals surface area contributed by atoms with E-state index in [-0.39, 0.29) is 0 Å². The summed E-state index contributed by atoms with van der Waals surface area (Å²) in [5.74, 6) is 1.04. The molecule has 1 aromatic rings. The maximum absolute atomic E-state index is 5.85. The molecule has 1 aliphatic rings. The van der Waals surface area contributed by atoms with E-state index in [1.54, 1.807) is 0 Å². The first-order valence-electron chi connectivity index (χ1n) is 6.69. The molecule has 4 heteroatoms. The standard InChI is InChI=1S/C14H24N4/c1-11-6-7-16-14(13(11)9-15)18(3)10-12-5-4-8-17(12)2/h6-7,12H,4-5,8-10,15H2,1-3H3. The Morgan fingerprint density at radius 2 is 2.33 bits per heavy atom. The van der Waals surface area contributed by atoms with E-state index in [0.717, 1.165) is 12.4 Å². The van der Waals surface area contributed by atoms with Gasteiger partial charge in [0.15, 0.2) is 0 Å². The van der Waals surface area contributed by atoms with Crippen LogP contribution >= 0.6 is 0 Å². The molecule has 0 spiro atoms. The summed E-state index contributed by atoms with van der Waals surface area (Å²) in [6.45, 7) is 4.90. The van der Waals surface area contributed by atoms with Gasteiger partial charge in [0.25, 0.3) is 0 Å². The zero-order valence-electron chi connectivity index (χ0n) is 11.7. The molecule has 0 aliphatic carbocycles. The maximum Gasteiger partial charge on any atom is 0.133 e. The highest BCUT2D eigenvalue weighted by Crippen LogP contribution is 2.22. The van der Waals surface area contributed by atoms with Crippen molar-refractivity contribution >= 4 is 5.82 Å². The lowest BCUT2D eigenvalue weighted by Crippen LogP contribution is -2.37. The normalized spacial score (nSPS) is 20.3. The molecule has 0 bridgehead atoms. The van der Waals surface area contributed by atoms with Gasteiger partial charge in [-0.1, -0.05) is 0 Å². The number of aryl methyl sites for hydroxylation is 1. The van der Waals surface area contributed by atoms with Gasteiger partial charge < -0.3 is 15.5 Å². The van der Waals surface area contributed by atoms with E-state index in [0.29, 0.717) is 12.6 Å². The lowest BCUT2D eigenvalue weighted by atomic mass is 10.1. The van der Waals surface area contributed by atoms with Gasteiger partial charge >= 0.3 is 0 Å². The minimum atomic E-state index is 0.555. The molecule has 1 saturated heterocycles. The van der Waals surface area contributed by atoms with E-state index in [4.69, 9.17) is 5.73 Å². The number of hydrogen-bond acceptors (Lipinski definition) is 4. The van der Waals surface area contributed by atoms with Crippen LogP contribution < -0.4 is 10.6 Å². The zero-order chi connectivity index (χ0) is 13.1. The summed E-state index contributed by atoms with van der Waals surface area (Å²) >= 11 is 0. The molecule has 0 aromatic carbocycles. The van der Waals surface area contributed by atoms with Crippen LogP contribution in [-0.4, -0.2) is 43.1 Å². The Labute approximate surface area is 110 Å². The Balaban J connectivity index is 2.13. The topological polar surface area (TPSA) is 45.4 Å². The van der Waals surface area contributed by atoms with Crippen molar-refractivity contribution in [3.05, 3.63) is 23.4 Å². The van der Waals surface area contributed by atoms with E-state index in [1.807, 2.05) is 12.3 Å². The van der Waals surface area contributed by atoms with Crippen molar-refractivity contribution in [3.8, 4) is 0 Å². The van der Waals surface area contributed by atoms with Crippen LogP contribution in [0.15, 0.2) is 12.3 Å². The molecule has 100 valence electrons. The van der Waals surface area contributed by atoms with Crippen molar-refractivity contribution in [3.63, 3.8) is 0 Å². The molecule has 1 atom stereocenters. The molecule has 0 amide bonds. The first kappa shape index (κ1) is 13.3. The number of aromatic nitrogens is 1. The van der Waals surface area contributed by atoms with Crippen LogP contribution in [0.5, 0.6) is 0 Å². The van der Waals surface area contributed by atoms with Crippen molar-refractivity contribution in [2.45, 2.75) is 32.4 Å². The fourth-order valence-electron chi connectivity index (χ4n) is 2.77.